The van der Waals surface area contributed by atoms with E-state index in [1.807, 2.05) is 20.8 Å². The number of likely N-dealkylation sites (tertiary alicyclic amines) is 1. The lowest BCUT2D eigenvalue weighted by Crippen LogP contribution is -2.50. The molecule has 0 radical (unpaired) electrons. The van der Waals surface area contributed by atoms with E-state index < -0.39 is 0 Å². The normalized spacial score (nSPS) is 17.6. The highest BCUT2D eigenvalue weighted by molar-refractivity contribution is 5.86. The maximum absolute atomic E-state index is 11.7. The molecule has 0 unspecified atom stereocenters. The summed E-state index contributed by atoms with van der Waals surface area (Å²) in [6.07, 6.45) is 3.70. The molecule has 0 aromatic heterocycles. The summed E-state index contributed by atoms with van der Waals surface area (Å²) in [6.45, 7) is 8.26. The lowest BCUT2D eigenvalue weighted by atomic mass is 10.1. The summed E-state index contributed by atoms with van der Waals surface area (Å²) in [5.74, 6) is 0.833. The van der Waals surface area contributed by atoms with E-state index in [2.05, 4.69) is 20.5 Å². The van der Waals surface area contributed by atoms with Crippen LogP contribution in [0.5, 0.6) is 0 Å². The van der Waals surface area contributed by atoms with Crippen molar-refractivity contribution in [2.45, 2.75) is 45.6 Å². The third kappa shape index (κ3) is 5.38. The van der Waals surface area contributed by atoms with Crippen LogP contribution >= 0.6 is 0 Å². The fourth-order valence-electron chi connectivity index (χ4n) is 2.06. The topological polar surface area (TPSA) is 56.7 Å². The van der Waals surface area contributed by atoms with Crippen molar-refractivity contribution in [3.8, 4) is 0 Å². The number of rotatable bonds is 2. The molecule has 104 valence electrons. The van der Waals surface area contributed by atoms with Gasteiger partial charge in [-0.1, -0.05) is 0 Å². The van der Waals surface area contributed by atoms with Gasteiger partial charge in [-0.25, -0.2) is 0 Å². The second-order valence-corrected chi connectivity index (χ2v) is 5.75. The Morgan fingerprint density at radius 2 is 1.83 bits per heavy atom. The van der Waals surface area contributed by atoms with Gasteiger partial charge in [0.2, 0.25) is 5.91 Å². The Morgan fingerprint density at radius 1 is 1.22 bits per heavy atom. The average molecular weight is 254 g/mol. The van der Waals surface area contributed by atoms with E-state index in [9.17, 15) is 4.79 Å². The molecule has 5 heteroatoms. The number of hydrogen-bond acceptors (Lipinski definition) is 2. The van der Waals surface area contributed by atoms with Crippen molar-refractivity contribution in [3.05, 3.63) is 0 Å². The standard InChI is InChI=1S/C13H26N4O/c1-13(2,3)16-11(18)10-15-12(14-4)17-8-6-5-7-9-17/h5-10H2,1-4H3,(H,14,15)(H,16,18). The Hall–Kier alpha value is -1.26. The number of carbonyl (C=O) groups excluding carboxylic acids is 1. The number of carbonyl (C=O) groups is 1. The maximum atomic E-state index is 11.7. The summed E-state index contributed by atoms with van der Waals surface area (Å²) in [7, 11) is 1.76. The summed E-state index contributed by atoms with van der Waals surface area (Å²) >= 11 is 0. The lowest BCUT2D eigenvalue weighted by Gasteiger charge is -2.30. The van der Waals surface area contributed by atoms with E-state index in [0.717, 1.165) is 19.0 Å². The van der Waals surface area contributed by atoms with Gasteiger partial charge in [-0.15, -0.1) is 0 Å². The van der Waals surface area contributed by atoms with Gasteiger partial charge in [-0.3, -0.25) is 9.79 Å². The Kier molecular flexibility index (Phi) is 5.44. The summed E-state index contributed by atoms with van der Waals surface area (Å²) in [6, 6.07) is 0. The minimum absolute atomic E-state index is 0.000611. The third-order valence-electron chi connectivity index (χ3n) is 2.79. The zero-order chi connectivity index (χ0) is 13.6. The third-order valence-corrected chi connectivity index (χ3v) is 2.79. The van der Waals surface area contributed by atoms with E-state index in [1.165, 1.54) is 19.3 Å². The number of hydrogen-bond donors (Lipinski definition) is 2. The molecule has 1 saturated heterocycles. The van der Waals surface area contributed by atoms with Gasteiger partial charge in [0.05, 0.1) is 6.54 Å². The lowest BCUT2D eigenvalue weighted by molar-refractivity contribution is -0.121. The quantitative estimate of drug-likeness (QED) is 0.570. The number of nitrogens with zero attached hydrogens (tertiary/aromatic N) is 2. The fourth-order valence-corrected chi connectivity index (χ4v) is 2.06. The number of piperidine rings is 1. The molecule has 0 aliphatic carbocycles. The second-order valence-electron chi connectivity index (χ2n) is 5.75. The Balaban J connectivity index is 2.38. The SMILES string of the molecule is CN=C(NCC(=O)NC(C)(C)C)N1CCCCC1. The molecule has 0 spiro atoms. The van der Waals surface area contributed by atoms with Crippen LogP contribution in [-0.2, 0) is 4.79 Å². The first-order valence-electron chi connectivity index (χ1n) is 6.69. The molecule has 0 bridgehead atoms. The first kappa shape index (κ1) is 14.8. The van der Waals surface area contributed by atoms with E-state index in [1.54, 1.807) is 7.05 Å². The average Bonchev–Trinajstić information content (AvgIpc) is 2.29. The first-order chi connectivity index (χ1) is 8.42. The van der Waals surface area contributed by atoms with Crippen molar-refractivity contribution in [3.63, 3.8) is 0 Å². The fraction of sp³-hybridized carbons (Fsp3) is 0.846. The number of amides is 1. The van der Waals surface area contributed by atoms with Crippen LogP contribution in [0.3, 0.4) is 0 Å². The van der Waals surface area contributed by atoms with Gasteiger partial charge in [0.1, 0.15) is 0 Å². The van der Waals surface area contributed by atoms with Gasteiger partial charge in [-0.05, 0) is 40.0 Å². The monoisotopic (exact) mass is 254 g/mol. The molecular weight excluding hydrogens is 228 g/mol. The minimum Gasteiger partial charge on any atom is -0.350 e. The summed E-state index contributed by atoms with van der Waals surface area (Å²) < 4.78 is 0. The first-order valence-corrected chi connectivity index (χ1v) is 6.69. The molecule has 0 saturated carbocycles. The van der Waals surface area contributed by atoms with Gasteiger partial charge in [-0.2, -0.15) is 0 Å². The van der Waals surface area contributed by atoms with Crippen LogP contribution in [0.25, 0.3) is 0 Å². The van der Waals surface area contributed by atoms with Crippen molar-refractivity contribution < 1.29 is 4.79 Å². The van der Waals surface area contributed by atoms with Crippen molar-refractivity contribution in [2.24, 2.45) is 4.99 Å². The number of aliphatic imine (C=N–C) groups is 1. The Labute approximate surface area is 110 Å². The second kappa shape index (κ2) is 6.61. The number of guanidine groups is 1. The molecule has 0 aromatic rings. The highest BCUT2D eigenvalue weighted by atomic mass is 16.2. The highest BCUT2D eigenvalue weighted by Gasteiger charge is 2.17. The van der Waals surface area contributed by atoms with Crippen molar-refractivity contribution in [1.82, 2.24) is 15.5 Å². The van der Waals surface area contributed by atoms with E-state index >= 15 is 0 Å². The molecule has 5 nitrogen and oxygen atoms in total. The summed E-state index contributed by atoms with van der Waals surface area (Å²) in [5.41, 5.74) is -0.187. The Morgan fingerprint density at radius 3 is 2.33 bits per heavy atom. The minimum atomic E-state index is -0.187. The smallest absolute Gasteiger partial charge is 0.239 e. The molecule has 1 aliphatic rings. The molecule has 0 aromatic carbocycles. The van der Waals surface area contributed by atoms with Crippen LogP contribution in [0.4, 0.5) is 0 Å². The predicted molar refractivity (Wildman–Crippen MR) is 74.7 cm³/mol. The number of nitrogens with one attached hydrogen (secondary N) is 2. The van der Waals surface area contributed by atoms with Crippen LogP contribution in [0.1, 0.15) is 40.0 Å². The molecular formula is C13H26N4O. The van der Waals surface area contributed by atoms with E-state index in [-0.39, 0.29) is 18.0 Å². The summed E-state index contributed by atoms with van der Waals surface area (Å²) in [4.78, 5) is 18.2. The summed E-state index contributed by atoms with van der Waals surface area (Å²) in [5, 5.41) is 6.05. The molecule has 1 heterocycles. The largest absolute Gasteiger partial charge is 0.350 e. The zero-order valence-electron chi connectivity index (χ0n) is 12.0. The van der Waals surface area contributed by atoms with Gasteiger partial charge in [0, 0.05) is 25.7 Å². The van der Waals surface area contributed by atoms with Crippen LogP contribution in [0.2, 0.25) is 0 Å². The molecule has 0 atom stereocenters. The molecule has 2 N–H and O–H groups in total. The van der Waals surface area contributed by atoms with E-state index in [4.69, 9.17) is 0 Å². The van der Waals surface area contributed by atoms with Gasteiger partial charge in [0.15, 0.2) is 5.96 Å². The van der Waals surface area contributed by atoms with Crippen LogP contribution in [0, 0.1) is 0 Å². The van der Waals surface area contributed by atoms with Gasteiger partial charge in [0.25, 0.3) is 0 Å². The predicted octanol–water partition coefficient (Wildman–Crippen LogP) is 0.962. The Bertz CT molecular complexity index is 301. The molecule has 18 heavy (non-hydrogen) atoms. The highest BCUT2D eigenvalue weighted by Crippen LogP contribution is 2.08. The van der Waals surface area contributed by atoms with Gasteiger partial charge >= 0.3 is 0 Å². The van der Waals surface area contributed by atoms with Crippen LogP contribution in [-0.4, -0.2) is 49.0 Å². The zero-order valence-corrected chi connectivity index (χ0v) is 12.0. The van der Waals surface area contributed by atoms with Crippen molar-refractivity contribution in [2.75, 3.05) is 26.7 Å². The maximum Gasteiger partial charge on any atom is 0.239 e. The van der Waals surface area contributed by atoms with Crippen molar-refractivity contribution in [1.29, 1.82) is 0 Å². The van der Waals surface area contributed by atoms with E-state index in [0.29, 0.717) is 0 Å². The molecule has 1 aliphatic heterocycles. The van der Waals surface area contributed by atoms with Gasteiger partial charge < -0.3 is 15.5 Å². The van der Waals surface area contributed by atoms with Crippen molar-refractivity contribution >= 4 is 11.9 Å². The molecule has 1 rings (SSSR count). The van der Waals surface area contributed by atoms with Crippen LogP contribution in [0.15, 0.2) is 4.99 Å². The van der Waals surface area contributed by atoms with Crippen LogP contribution < -0.4 is 10.6 Å². The molecule has 1 fully saturated rings. The molecule has 1 amide bonds.